The smallest absolute Gasteiger partial charge is 0.347 e. The third kappa shape index (κ3) is 3.05. The summed E-state index contributed by atoms with van der Waals surface area (Å²) in [5.74, 6) is -0.568. The molecule has 2 aromatic rings. The van der Waals surface area contributed by atoms with Gasteiger partial charge in [0.15, 0.2) is 0 Å². The van der Waals surface area contributed by atoms with E-state index in [0.29, 0.717) is 23.2 Å². The molecule has 0 amide bonds. The molecule has 4 rings (SSSR count). The van der Waals surface area contributed by atoms with Gasteiger partial charge >= 0.3 is 5.97 Å². The predicted octanol–water partition coefficient (Wildman–Crippen LogP) is 3.63. The maximum Gasteiger partial charge on any atom is 0.347 e. The van der Waals surface area contributed by atoms with E-state index in [2.05, 4.69) is 14.0 Å². The Kier molecular flexibility index (Phi) is 5.02. The van der Waals surface area contributed by atoms with Gasteiger partial charge in [0.25, 0.3) is 0 Å². The molecule has 2 bridgehead atoms. The molecule has 0 spiro atoms. The molecule has 2 fully saturated rings. The first kappa shape index (κ1) is 19.2. The highest BCUT2D eigenvalue weighted by Crippen LogP contribution is 2.42. The van der Waals surface area contributed by atoms with Crippen molar-refractivity contribution in [3.63, 3.8) is 0 Å². The molecular weight excluding hydrogens is 350 g/mol. The largest absolute Gasteiger partial charge is 0.459 e. The number of hydrogen-bond donors (Lipinski definition) is 1. The van der Waals surface area contributed by atoms with Crippen LogP contribution in [-0.4, -0.2) is 47.3 Å². The van der Waals surface area contributed by atoms with Crippen LogP contribution in [0, 0.1) is 0 Å². The number of hydrogen-bond acceptors (Lipinski definition) is 3. The lowest BCUT2D eigenvalue weighted by atomic mass is 9.86. The summed E-state index contributed by atoms with van der Waals surface area (Å²) in [7, 11) is 2.34. The Labute approximate surface area is 167 Å². The van der Waals surface area contributed by atoms with E-state index < -0.39 is 11.6 Å². The van der Waals surface area contributed by atoms with E-state index in [0.717, 1.165) is 23.9 Å². The zero-order valence-electron chi connectivity index (χ0n) is 16.8. The molecule has 2 atom stereocenters. The molecule has 148 valence electrons. The Morgan fingerprint density at radius 1 is 1.00 bits per heavy atom. The maximum atomic E-state index is 13.3. The number of esters is 1. The van der Waals surface area contributed by atoms with Crippen molar-refractivity contribution in [2.75, 3.05) is 13.6 Å². The summed E-state index contributed by atoms with van der Waals surface area (Å²) in [6.45, 7) is 3.37. The molecule has 4 nitrogen and oxygen atoms in total. The van der Waals surface area contributed by atoms with E-state index in [1.807, 2.05) is 36.4 Å². The summed E-state index contributed by atoms with van der Waals surface area (Å²) in [4.78, 5) is 13.3. The van der Waals surface area contributed by atoms with Gasteiger partial charge in [0.1, 0.15) is 6.10 Å². The van der Waals surface area contributed by atoms with Crippen LogP contribution in [0.1, 0.15) is 43.7 Å². The van der Waals surface area contributed by atoms with Gasteiger partial charge in [-0.2, -0.15) is 0 Å². The Bertz CT molecular complexity index is 767. The van der Waals surface area contributed by atoms with Gasteiger partial charge in [-0.1, -0.05) is 60.7 Å². The van der Waals surface area contributed by atoms with Gasteiger partial charge in [-0.15, -0.1) is 0 Å². The highest BCUT2D eigenvalue weighted by atomic mass is 16.6. The number of nitrogens with zero attached hydrogens (tertiary/aromatic N) is 1. The second-order valence-electron chi connectivity index (χ2n) is 8.49. The van der Waals surface area contributed by atoms with Crippen LogP contribution >= 0.6 is 0 Å². The molecule has 4 heteroatoms. The summed E-state index contributed by atoms with van der Waals surface area (Å²) in [6, 6.07) is 19.3. The van der Waals surface area contributed by atoms with Crippen molar-refractivity contribution in [2.45, 2.75) is 56.4 Å². The number of carbonyl (C=O) groups excluding carboxylic acids is 1. The monoisotopic (exact) mass is 380 g/mol. The van der Waals surface area contributed by atoms with E-state index in [1.165, 1.54) is 12.8 Å². The number of piperidine rings is 1. The standard InChI is InChI=1S/C24H30NO3/c1-3-25(2)20-14-15-21(25)17-22(16-20)28-23(26)24(27,18-10-6-4-7-11-18)19-12-8-5-9-13-19/h4-13,20-22,27H,3,14-17H2,1-2H3/q+1. The van der Waals surface area contributed by atoms with Crippen molar-refractivity contribution in [3.05, 3.63) is 71.8 Å². The molecule has 0 aromatic heterocycles. The summed E-state index contributed by atoms with van der Waals surface area (Å²) in [5.41, 5.74) is -0.708. The lowest BCUT2D eigenvalue weighted by Gasteiger charge is -2.46. The zero-order valence-corrected chi connectivity index (χ0v) is 16.8. The summed E-state index contributed by atoms with van der Waals surface area (Å²) in [6.07, 6.45) is 4.04. The van der Waals surface area contributed by atoms with E-state index >= 15 is 0 Å². The molecule has 2 unspecified atom stereocenters. The number of fused-ring (bicyclic) bond motifs is 2. The molecule has 1 N–H and O–H groups in total. The fourth-order valence-corrected chi connectivity index (χ4v) is 5.30. The Balaban J connectivity index is 1.60. The third-order valence-electron chi connectivity index (χ3n) is 7.21. The minimum Gasteiger partial charge on any atom is -0.459 e. The first-order valence-corrected chi connectivity index (χ1v) is 10.4. The van der Waals surface area contributed by atoms with Gasteiger partial charge in [0.2, 0.25) is 5.60 Å². The van der Waals surface area contributed by atoms with E-state index in [9.17, 15) is 9.90 Å². The van der Waals surface area contributed by atoms with Crippen molar-refractivity contribution < 1.29 is 19.1 Å². The van der Waals surface area contributed by atoms with Crippen molar-refractivity contribution in [2.24, 2.45) is 0 Å². The van der Waals surface area contributed by atoms with Crippen molar-refractivity contribution >= 4 is 5.97 Å². The van der Waals surface area contributed by atoms with Crippen LogP contribution < -0.4 is 0 Å². The summed E-state index contributed by atoms with van der Waals surface area (Å²) in [5, 5.41) is 11.6. The number of ether oxygens (including phenoxy) is 1. The molecule has 0 aliphatic carbocycles. The van der Waals surface area contributed by atoms with Gasteiger partial charge in [-0.3, -0.25) is 0 Å². The van der Waals surface area contributed by atoms with Crippen LogP contribution in [0.5, 0.6) is 0 Å². The van der Waals surface area contributed by atoms with E-state index in [4.69, 9.17) is 4.74 Å². The molecule has 2 saturated heterocycles. The van der Waals surface area contributed by atoms with Crippen LogP contribution in [0.15, 0.2) is 60.7 Å². The lowest BCUT2D eigenvalue weighted by molar-refractivity contribution is -0.947. The minimum absolute atomic E-state index is 0.123. The second kappa shape index (κ2) is 7.34. The quantitative estimate of drug-likeness (QED) is 0.637. The fraction of sp³-hybridized carbons (Fsp3) is 0.458. The van der Waals surface area contributed by atoms with Crippen LogP contribution in [0.4, 0.5) is 0 Å². The van der Waals surface area contributed by atoms with Crippen LogP contribution in [-0.2, 0) is 15.1 Å². The fourth-order valence-electron chi connectivity index (χ4n) is 5.30. The molecular formula is C24H30NO3+. The van der Waals surface area contributed by atoms with Gasteiger partial charge in [-0.05, 0) is 18.1 Å². The highest BCUT2D eigenvalue weighted by Gasteiger charge is 2.52. The van der Waals surface area contributed by atoms with Crippen molar-refractivity contribution in [1.29, 1.82) is 0 Å². The number of carbonyl (C=O) groups is 1. The van der Waals surface area contributed by atoms with Crippen LogP contribution in [0.25, 0.3) is 0 Å². The maximum absolute atomic E-state index is 13.3. The normalized spacial score (nSPS) is 29.5. The van der Waals surface area contributed by atoms with Crippen molar-refractivity contribution in [1.82, 2.24) is 0 Å². The number of benzene rings is 2. The Morgan fingerprint density at radius 2 is 1.46 bits per heavy atom. The van der Waals surface area contributed by atoms with Gasteiger partial charge in [0, 0.05) is 25.7 Å². The molecule has 0 saturated carbocycles. The lowest BCUT2D eigenvalue weighted by Crippen LogP contribution is -2.59. The Hall–Kier alpha value is -2.17. The Morgan fingerprint density at radius 3 is 1.89 bits per heavy atom. The van der Waals surface area contributed by atoms with Gasteiger partial charge in [0.05, 0.1) is 25.7 Å². The van der Waals surface area contributed by atoms with Crippen LogP contribution in [0.2, 0.25) is 0 Å². The number of aliphatic hydroxyl groups is 1. The first-order chi connectivity index (χ1) is 13.5. The van der Waals surface area contributed by atoms with E-state index in [-0.39, 0.29) is 6.10 Å². The summed E-state index contributed by atoms with van der Waals surface area (Å²) < 4.78 is 7.08. The number of quaternary nitrogens is 1. The molecule has 2 aliphatic heterocycles. The highest BCUT2D eigenvalue weighted by molar-refractivity contribution is 5.85. The second-order valence-corrected chi connectivity index (χ2v) is 8.49. The molecule has 2 aromatic carbocycles. The average Bonchev–Trinajstić information content (AvgIpc) is 2.91. The van der Waals surface area contributed by atoms with E-state index in [1.54, 1.807) is 24.3 Å². The van der Waals surface area contributed by atoms with Crippen LogP contribution in [0.3, 0.4) is 0 Å². The molecule has 28 heavy (non-hydrogen) atoms. The minimum atomic E-state index is -1.79. The molecule has 2 heterocycles. The van der Waals surface area contributed by atoms with Gasteiger partial charge < -0.3 is 14.3 Å². The molecule has 0 radical (unpaired) electrons. The van der Waals surface area contributed by atoms with Gasteiger partial charge in [-0.25, -0.2) is 4.79 Å². The first-order valence-electron chi connectivity index (χ1n) is 10.4. The third-order valence-corrected chi connectivity index (χ3v) is 7.21. The zero-order chi connectivity index (χ0) is 19.8. The predicted molar refractivity (Wildman–Crippen MR) is 109 cm³/mol. The van der Waals surface area contributed by atoms with Crippen molar-refractivity contribution in [3.8, 4) is 0 Å². The number of rotatable bonds is 5. The topological polar surface area (TPSA) is 46.5 Å². The SMILES string of the molecule is CC[N+]1(C)C2CCC1CC(OC(=O)C(O)(c1ccccc1)c1ccccc1)C2. The summed E-state index contributed by atoms with van der Waals surface area (Å²) >= 11 is 0. The average molecular weight is 381 g/mol. The molecule has 2 aliphatic rings.